The first-order chi connectivity index (χ1) is 8.66. The highest BCUT2D eigenvalue weighted by Crippen LogP contribution is 2.28. The Hall–Kier alpha value is -2.14. The summed E-state index contributed by atoms with van der Waals surface area (Å²) in [5.74, 6) is 0.554. The van der Waals surface area contributed by atoms with E-state index in [4.69, 9.17) is 16.1 Å². The van der Waals surface area contributed by atoms with Crippen LogP contribution < -0.4 is 5.56 Å². The molecule has 0 atom stereocenters. The standard InChI is InChI=1S/C12H8ClN3O2/c1-6-9-10(7-3-2-4-8(13)5-7)14-15-12(17)11(9)16-18-6/h2-5H,1H3,(H,15,17). The Morgan fingerprint density at radius 2 is 2.22 bits per heavy atom. The van der Waals surface area contributed by atoms with E-state index in [9.17, 15) is 4.79 Å². The molecule has 0 aliphatic heterocycles. The maximum atomic E-state index is 11.6. The van der Waals surface area contributed by atoms with Gasteiger partial charge in [0.15, 0.2) is 5.52 Å². The number of nitrogens with zero attached hydrogens (tertiary/aromatic N) is 2. The summed E-state index contributed by atoms with van der Waals surface area (Å²) in [7, 11) is 0. The molecule has 2 aromatic heterocycles. The van der Waals surface area contributed by atoms with E-state index in [1.54, 1.807) is 19.1 Å². The van der Waals surface area contributed by atoms with Crippen molar-refractivity contribution in [3.05, 3.63) is 45.4 Å². The molecule has 0 aliphatic carbocycles. The van der Waals surface area contributed by atoms with E-state index in [1.165, 1.54) is 0 Å². The maximum absolute atomic E-state index is 11.6. The molecule has 0 bridgehead atoms. The third-order valence-electron chi connectivity index (χ3n) is 2.68. The van der Waals surface area contributed by atoms with E-state index in [0.717, 1.165) is 5.56 Å². The largest absolute Gasteiger partial charge is 0.360 e. The van der Waals surface area contributed by atoms with Gasteiger partial charge in [-0.2, -0.15) is 5.10 Å². The Kier molecular flexibility index (Phi) is 2.41. The third-order valence-corrected chi connectivity index (χ3v) is 2.92. The number of fused-ring (bicyclic) bond motifs is 1. The number of hydrogen-bond donors (Lipinski definition) is 1. The van der Waals surface area contributed by atoms with E-state index >= 15 is 0 Å². The normalized spacial score (nSPS) is 11.0. The summed E-state index contributed by atoms with van der Waals surface area (Å²) in [5, 5.41) is 11.4. The first-order valence-electron chi connectivity index (χ1n) is 5.27. The number of H-pyrrole nitrogens is 1. The number of aromatic nitrogens is 3. The summed E-state index contributed by atoms with van der Waals surface area (Å²) >= 11 is 5.95. The first-order valence-corrected chi connectivity index (χ1v) is 5.65. The van der Waals surface area contributed by atoms with Gasteiger partial charge in [-0.25, -0.2) is 5.10 Å². The van der Waals surface area contributed by atoms with Crippen molar-refractivity contribution in [1.82, 2.24) is 15.4 Å². The Labute approximate surface area is 106 Å². The first kappa shape index (κ1) is 11.0. The molecule has 5 nitrogen and oxygen atoms in total. The van der Waals surface area contributed by atoms with Gasteiger partial charge in [0, 0.05) is 10.6 Å². The van der Waals surface area contributed by atoms with Gasteiger partial charge in [-0.05, 0) is 19.1 Å². The number of aryl methyl sites for hydroxylation is 1. The Morgan fingerprint density at radius 3 is 3.00 bits per heavy atom. The van der Waals surface area contributed by atoms with Crippen LogP contribution >= 0.6 is 11.6 Å². The van der Waals surface area contributed by atoms with Crippen LogP contribution in [0.25, 0.3) is 22.2 Å². The summed E-state index contributed by atoms with van der Waals surface area (Å²) < 4.78 is 5.05. The summed E-state index contributed by atoms with van der Waals surface area (Å²) in [4.78, 5) is 11.6. The zero-order valence-corrected chi connectivity index (χ0v) is 10.2. The Morgan fingerprint density at radius 1 is 1.39 bits per heavy atom. The molecule has 0 fully saturated rings. The molecule has 1 N–H and O–H groups in total. The lowest BCUT2D eigenvalue weighted by atomic mass is 10.1. The molecular weight excluding hydrogens is 254 g/mol. The number of nitrogens with one attached hydrogen (secondary N) is 1. The van der Waals surface area contributed by atoms with Gasteiger partial charge in [-0.3, -0.25) is 4.79 Å². The fourth-order valence-electron chi connectivity index (χ4n) is 1.87. The lowest BCUT2D eigenvalue weighted by molar-refractivity contribution is 0.405. The minimum atomic E-state index is -0.368. The van der Waals surface area contributed by atoms with Crippen molar-refractivity contribution in [3.8, 4) is 11.3 Å². The topological polar surface area (TPSA) is 71.8 Å². The van der Waals surface area contributed by atoms with Crippen LogP contribution in [0, 0.1) is 6.92 Å². The fourth-order valence-corrected chi connectivity index (χ4v) is 2.06. The third kappa shape index (κ3) is 1.60. The molecule has 0 radical (unpaired) electrons. The van der Waals surface area contributed by atoms with Crippen LogP contribution in [0.3, 0.4) is 0 Å². The van der Waals surface area contributed by atoms with Crippen molar-refractivity contribution >= 4 is 22.5 Å². The van der Waals surface area contributed by atoms with Crippen LogP contribution in [0.15, 0.2) is 33.6 Å². The molecule has 3 aromatic rings. The van der Waals surface area contributed by atoms with Gasteiger partial charge in [-0.15, -0.1) is 0 Å². The number of hydrogen-bond acceptors (Lipinski definition) is 4. The van der Waals surface area contributed by atoms with Crippen molar-refractivity contribution in [1.29, 1.82) is 0 Å². The zero-order chi connectivity index (χ0) is 12.7. The van der Waals surface area contributed by atoms with Gasteiger partial charge in [0.25, 0.3) is 5.56 Å². The van der Waals surface area contributed by atoms with Gasteiger partial charge >= 0.3 is 0 Å². The lowest BCUT2D eigenvalue weighted by Crippen LogP contribution is -2.09. The number of benzene rings is 1. The van der Waals surface area contributed by atoms with Gasteiger partial charge < -0.3 is 4.52 Å². The molecule has 0 unspecified atom stereocenters. The highest BCUT2D eigenvalue weighted by molar-refractivity contribution is 6.30. The number of aromatic amines is 1. The number of halogens is 1. The smallest absolute Gasteiger partial charge is 0.294 e. The molecule has 90 valence electrons. The lowest BCUT2D eigenvalue weighted by Gasteiger charge is -2.01. The predicted octanol–water partition coefficient (Wildman–Crippen LogP) is 2.54. The van der Waals surface area contributed by atoms with E-state index in [2.05, 4.69) is 15.4 Å². The molecule has 0 amide bonds. The predicted molar refractivity (Wildman–Crippen MR) is 67.6 cm³/mol. The van der Waals surface area contributed by atoms with Crippen LogP contribution in [-0.4, -0.2) is 15.4 Å². The van der Waals surface area contributed by atoms with Crippen LogP contribution in [0.2, 0.25) is 5.02 Å². The van der Waals surface area contributed by atoms with Gasteiger partial charge in [0.05, 0.1) is 5.39 Å². The molecule has 2 heterocycles. The van der Waals surface area contributed by atoms with Gasteiger partial charge in [-0.1, -0.05) is 28.9 Å². The van der Waals surface area contributed by atoms with E-state index in [0.29, 0.717) is 21.9 Å². The van der Waals surface area contributed by atoms with Crippen LogP contribution in [0.1, 0.15) is 5.76 Å². The molecule has 18 heavy (non-hydrogen) atoms. The van der Waals surface area contributed by atoms with Gasteiger partial charge in [0.1, 0.15) is 11.5 Å². The summed E-state index contributed by atoms with van der Waals surface area (Å²) in [5.41, 5.74) is 1.28. The molecule has 3 rings (SSSR count). The second-order valence-electron chi connectivity index (χ2n) is 3.87. The molecular formula is C12H8ClN3O2. The minimum Gasteiger partial charge on any atom is -0.360 e. The summed E-state index contributed by atoms with van der Waals surface area (Å²) in [6.07, 6.45) is 0. The van der Waals surface area contributed by atoms with Crippen molar-refractivity contribution in [2.75, 3.05) is 0 Å². The minimum absolute atomic E-state index is 0.248. The fraction of sp³-hybridized carbons (Fsp3) is 0.0833. The van der Waals surface area contributed by atoms with E-state index in [-0.39, 0.29) is 11.1 Å². The quantitative estimate of drug-likeness (QED) is 0.731. The average molecular weight is 262 g/mol. The van der Waals surface area contributed by atoms with Crippen LogP contribution in [0.4, 0.5) is 0 Å². The molecule has 0 spiro atoms. The monoisotopic (exact) mass is 261 g/mol. The second kappa shape index (κ2) is 3.96. The van der Waals surface area contributed by atoms with Gasteiger partial charge in [0.2, 0.25) is 0 Å². The Bertz CT molecular complexity index is 791. The highest BCUT2D eigenvalue weighted by Gasteiger charge is 2.15. The van der Waals surface area contributed by atoms with Crippen LogP contribution in [0.5, 0.6) is 0 Å². The van der Waals surface area contributed by atoms with Crippen LogP contribution in [-0.2, 0) is 0 Å². The van der Waals surface area contributed by atoms with Crippen molar-refractivity contribution in [3.63, 3.8) is 0 Å². The second-order valence-corrected chi connectivity index (χ2v) is 4.31. The zero-order valence-electron chi connectivity index (χ0n) is 9.40. The van der Waals surface area contributed by atoms with Crippen molar-refractivity contribution in [2.24, 2.45) is 0 Å². The summed E-state index contributed by atoms with van der Waals surface area (Å²) in [6, 6.07) is 7.22. The average Bonchev–Trinajstić information content (AvgIpc) is 2.73. The molecule has 0 saturated heterocycles. The SMILES string of the molecule is Cc1onc2c(=O)[nH]nc(-c3cccc(Cl)c3)c12. The Balaban J connectivity index is 2.40. The van der Waals surface area contributed by atoms with E-state index < -0.39 is 0 Å². The maximum Gasteiger partial charge on any atom is 0.294 e. The highest BCUT2D eigenvalue weighted by atomic mass is 35.5. The van der Waals surface area contributed by atoms with E-state index in [1.807, 2.05) is 12.1 Å². The molecule has 6 heteroatoms. The number of rotatable bonds is 1. The van der Waals surface area contributed by atoms with Crippen molar-refractivity contribution in [2.45, 2.75) is 6.92 Å². The molecule has 0 aliphatic rings. The summed E-state index contributed by atoms with van der Waals surface area (Å²) in [6.45, 7) is 1.74. The van der Waals surface area contributed by atoms with Crippen molar-refractivity contribution < 1.29 is 4.52 Å². The molecule has 1 aromatic carbocycles. The molecule has 0 saturated carbocycles.